The second kappa shape index (κ2) is 5.50. The lowest BCUT2D eigenvalue weighted by Crippen LogP contribution is -2.15. The molecule has 1 aromatic heterocycles. The summed E-state index contributed by atoms with van der Waals surface area (Å²) in [5.74, 6) is 1.91. The first kappa shape index (κ1) is 13.4. The molecule has 4 rings (SSSR count). The molecule has 0 atom stereocenters. The predicted octanol–water partition coefficient (Wildman–Crippen LogP) is 3.40. The van der Waals surface area contributed by atoms with Gasteiger partial charge in [0.2, 0.25) is 0 Å². The maximum absolute atomic E-state index is 9.52. The first-order valence-corrected chi connectivity index (χ1v) is 7.31. The maximum Gasteiger partial charge on any atom is 0.168 e. The molecule has 0 bridgehead atoms. The van der Waals surface area contributed by atoms with Gasteiger partial charge in [0, 0.05) is 5.56 Å². The first-order chi connectivity index (χ1) is 11.3. The Balaban J connectivity index is 1.81. The van der Waals surface area contributed by atoms with Crippen molar-refractivity contribution in [1.29, 1.82) is 5.26 Å². The van der Waals surface area contributed by atoms with Gasteiger partial charge in [0.25, 0.3) is 0 Å². The van der Waals surface area contributed by atoms with Gasteiger partial charge in [-0.3, -0.25) is 0 Å². The van der Waals surface area contributed by atoms with Crippen molar-refractivity contribution in [1.82, 2.24) is 9.97 Å². The number of rotatable bonds is 2. The van der Waals surface area contributed by atoms with Crippen LogP contribution < -0.4 is 9.47 Å². The van der Waals surface area contributed by atoms with Gasteiger partial charge in [-0.25, -0.2) is 4.98 Å². The molecule has 0 spiro atoms. The minimum absolute atomic E-state index is 0.448. The lowest BCUT2D eigenvalue weighted by molar-refractivity contribution is 0.171. The van der Waals surface area contributed by atoms with Crippen LogP contribution in [0.3, 0.4) is 0 Å². The molecule has 0 saturated heterocycles. The Morgan fingerprint density at radius 2 is 2.00 bits per heavy atom. The summed E-state index contributed by atoms with van der Waals surface area (Å²) in [6.45, 7) is 1.04. The van der Waals surface area contributed by atoms with E-state index in [2.05, 4.69) is 16.0 Å². The average Bonchev–Trinajstić information content (AvgIpc) is 3.03. The highest BCUT2D eigenvalue weighted by Gasteiger charge is 2.16. The van der Waals surface area contributed by atoms with E-state index in [9.17, 15) is 5.26 Å². The highest BCUT2D eigenvalue weighted by atomic mass is 16.6. The van der Waals surface area contributed by atoms with Crippen LogP contribution >= 0.6 is 0 Å². The van der Waals surface area contributed by atoms with Crippen LogP contribution in [0.4, 0.5) is 0 Å². The molecule has 1 aliphatic rings. The summed E-state index contributed by atoms with van der Waals surface area (Å²) < 4.78 is 11.3. The molecule has 1 aliphatic heterocycles. The zero-order chi connectivity index (χ0) is 15.6. The molecular formula is C18H13N3O2. The molecule has 5 nitrogen and oxygen atoms in total. The van der Waals surface area contributed by atoms with E-state index in [1.165, 1.54) is 0 Å². The highest BCUT2D eigenvalue weighted by Crippen LogP contribution is 2.35. The van der Waals surface area contributed by atoms with E-state index in [-0.39, 0.29) is 0 Å². The number of nitrogens with zero attached hydrogens (tertiary/aromatic N) is 2. The Morgan fingerprint density at radius 1 is 1.13 bits per heavy atom. The van der Waals surface area contributed by atoms with Crippen LogP contribution in [-0.4, -0.2) is 23.2 Å². The molecule has 3 aromatic rings. The summed E-state index contributed by atoms with van der Waals surface area (Å²) in [5.41, 5.74) is 2.99. The number of nitrogens with one attached hydrogen (secondary N) is 1. The van der Waals surface area contributed by atoms with Gasteiger partial charge < -0.3 is 14.5 Å². The van der Waals surface area contributed by atoms with Gasteiger partial charge in [-0.1, -0.05) is 24.3 Å². The number of allylic oxidation sites excluding steroid dienone is 1. The molecule has 0 unspecified atom stereocenters. The molecule has 23 heavy (non-hydrogen) atoms. The number of hydrogen-bond acceptors (Lipinski definition) is 4. The average molecular weight is 303 g/mol. The van der Waals surface area contributed by atoms with E-state index in [1.807, 2.05) is 42.5 Å². The third-order valence-electron chi connectivity index (χ3n) is 3.66. The van der Waals surface area contributed by atoms with Crippen LogP contribution in [0.5, 0.6) is 11.5 Å². The molecule has 5 heteroatoms. The number of aromatic nitrogens is 2. The molecule has 112 valence electrons. The van der Waals surface area contributed by atoms with E-state index in [4.69, 9.17) is 9.47 Å². The Kier molecular flexibility index (Phi) is 3.21. The quantitative estimate of drug-likeness (QED) is 0.737. The number of nitriles is 1. The van der Waals surface area contributed by atoms with E-state index < -0.39 is 0 Å². The number of imidazole rings is 1. The lowest BCUT2D eigenvalue weighted by Gasteiger charge is -2.19. The van der Waals surface area contributed by atoms with Crippen LogP contribution in [0.1, 0.15) is 11.4 Å². The van der Waals surface area contributed by atoms with Crippen LogP contribution in [0, 0.1) is 11.3 Å². The molecule has 0 saturated carbocycles. The van der Waals surface area contributed by atoms with Gasteiger partial charge in [-0.15, -0.1) is 0 Å². The van der Waals surface area contributed by atoms with Crippen molar-refractivity contribution in [2.45, 2.75) is 0 Å². The fourth-order valence-corrected chi connectivity index (χ4v) is 2.60. The van der Waals surface area contributed by atoms with Gasteiger partial charge in [0.05, 0.1) is 16.6 Å². The second-order valence-corrected chi connectivity index (χ2v) is 5.14. The molecule has 0 radical (unpaired) electrons. The lowest BCUT2D eigenvalue weighted by atomic mass is 10.1. The normalized spacial score (nSPS) is 13.8. The molecule has 2 heterocycles. The number of hydrogen-bond donors (Lipinski definition) is 1. The molecule has 0 fully saturated rings. The van der Waals surface area contributed by atoms with Crippen molar-refractivity contribution >= 4 is 22.7 Å². The minimum atomic E-state index is 0.448. The molecule has 2 aromatic carbocycles. The van der Waals surface area contributed by atoms with Gasteiger partial charge in [-0.2, -0.15) is 5.26 Å². The number of H-pyrrole nitrogens is 1. The van der Waals surface area contributed by atoms with Crippen molar-refractivity contribution in [3.8, 4) is 17.6 Å². The van der Waals surface area contributed by atoms with Crippen molar-refractivity contribution in [2.24, 2.45) is 0 Å². The maximum atomic E-state index is 9.52. The van der Waals surface area contributed by atoms with Crippen molar-refractivity contribution in [3.63, 3.8) is 0 Å². The van der Waals surface area contributed by atoms with Crippen molar-refractivity contribution in [2.75, 3.05) is 13.2 Å². The third-order valence-corrected chi connectivity index (χ3v) is 3.66. The predicted molar refractivity (Wildman–Crippen MR) is 87.0 cm³/mol. The van der Waals surface area contributed by atoms with Gasteiger partial charge in [0.1, 0.15) is 25.1 Å². The number of aromatic amines is 1. The summed E-state index contributed by atoms with van der Waals surface area (Å²) in [6.07, 6.45) is 1.77. The van der Waals surface area contributed by atoms with Crippen LogP contribution in [-0.2, 0) is 0 Å². The Hall–Kier alpha value is -3.26. The summed E-state index contributed by atoms with van der Waals surface area (Å²) in [7, 11) is 0. The first-order valence-electron chi connectivity index (χ1n) is 7.31. The van der Waals surface area contributed by atoms with Crippen molar-refractivity contribution < 1.29 is 9.47 Å². The van der Waals surface area contributed by atoms with E-state index in [0.29, 0.717) is 36.1 Å². The van der Waals surface area contributed by atoms with Crippen LogP contribution in [0.25, 0.3) is 22.7 Å². The number of ether oxygens (including phenoxy) is 2. The zero-order valence-corrected chi connectivity index (χ0v) is 12.2. The van der Waals surface area contributed by atoms with E-state index in [0.717, 1.165) is 16.6 Å². The topological polar surface area (TPSA) is 70.9 Å². The number of para-hydroxylation sites is 3. The largest absolute Gasteiger partial charge is 0.486 e. The summed E-state index contributed by atoms with van der Waals surface area (Å²) in [6, 6.07) is 15.5. The minimum Gasteiger partial charge on any atom is -0.486 e. The van der Waals surface area contributed by atoms with Gasteiger partial charge >= 0.3 is 0 Å². The van der Waals surface area contributed by atoms with Crippen LogP contribution in [0.2, 0.25) is 0 Å². The monoisotopic (exact) mass is 303 g/mol. The van der Waals surface area contributed by atoms with Crippen LogP contribution in [0.15, 0.2) is 42.5 Å². The summed E-state index contributed by atoms with van der Waals surface area (Å²) >= 11 is 0. The SMILES string of the molecule is N#C/C(=C\c1cccc2c1OCCO2)c1nc2ccccc2[nH]1. The van der Waals surface area contributed by atoms with Gasteiger partial charge in [0.15, 0.2) is 11.5 Å². The molecule has 0 amide bonds. The Labute approximate surface area is 132 Å². The number of fused-ring (bicyclic) bond motifs is 2. The summed E-state index contributed by atoms with van der Waals surface area (Å²) in [5, 5.41) is 9.52. The Bertz CT molecular complexity index is 917. The standard InChI is InChI=1S/C18H13N3O2/c19-11-13(18-20-14-5-1-2-6-15(14)21-18)10-12-4-3-7-16-17(12)23-9-8-22-16/h1-7,10H,8-9H2,(H,20,21)/b13-10+. The zero-order valence-electron chi connectivity index (χ0n) is 12.2. The van der Waals surface area contributed by atoms with Gasteiger partial charge in [-0.05, 0) is 24.3 Å². The fraction of sp³-hybridized carbons (Fsp3) is 0.111. The summed E-state index contributed by atoms with van der Waals surface area (Å²) in [4.78, 5) is 7.65. The fourth-order valence-electron chi connectivity index (χ4n) is 2.60. The molecular weight excluding hydrogens is 290 g/mol. The second-order valence-electron chi connectivity index (χ2n) is 5.14. The van der Waals surface area contributed by atoms with E-state index >= 15 is 0 Å². The smallest absolute Gasteiger partial charge is 0.168 e. The molecule has 1 N–H and O–H groups in total. The van der Waals surface area contributed by atoms with E-state index in [1.54, 1.807) is 6.08 Å². The Morgan fingerprint density at radius 3 is 2.87 bits per heavy atom. The molecule has 0 aliphatic carbocycles. The number of benzene rings is 2. The van der Waals surface area contributed by atoms with Crippen molar-refractivity contribution in [3.05, 3.63) is 53.9 Å². The third kappa shape index (κ3) is 2.40. The highest BCUT2D eigenvalue weighted by molar-refractivity contribution is 5.91.